The molecule has 1 fully saturated rings. The number of methoxy groups -OCH3 is 1. The molecule has 1 aromatic heterocycles. The van der Waals surface area contributed by atoms with Gasteiger partial charge < -0.3 is 14.5 Å². The normalized spacial score (nSPS) is 16.1. The molecule has 0 saturated carbocycles. The van der Waals surface area contributed by atoms with Crippen molar-refractivity contribution in [3.63, 3.8) is 0 Å². The molecule has 1 saturated heterocycles. The van der Waals surface area contributed by atoms with E-state index < -0.39 is 0 Å². The molecule has 2 heterocycles. The zero-order valence-corrected chi connectivity index (χ0v) is 18.3. The van der Waals surface area contributed by atoms with Crippen LogP contribution in [0.5, 0.6) is 5.75 Å². The van der Waals surface area contributed by atoms with Crippen LogP contribution in [0.25, 0.3) is 5.69 Å². The number of carbonyl (C=O) groups excluding carboxylic acids is 1. The second kappa shape index (κ2) is 8.65. The van der Waals surface area contributed by atoms with E-state index in [9.17, 15) is 9.18 Å². The Kier molecular flexibility index (Phi) is 5.55. The Hall–Kier alpha value is -3.35. The summed E-state index contributed by atoms with van der Waals surface area (Å²) in [6, 6.07) is 14.3. The van der Waals surface area contributed by atoms with Gasteiger partial charge in [0.2, 0.25) is 0 Å². The predicted molar refractivity (Wildman–Crippen MR) is 121 cm³/mol. The second-order valence-electron chi connectivity index (χ2n) is 8.35. The minimum atomic E-state index is -0.278. The molecule has 5 rings (SSSR count). The van der Waals surface area contributed by atoms with Crippen LogP contribution in [0.1, 0.15) is 34.6 Å². The average molecular weight is 435 g/mol. The van der Waals surface area contributed by atoms with Crippen LogP contribution in [-0.2, 0) is 12.8 Å². The van der Waals surface area contributed by atoms with Crippen LogP contribution in [0.3, 0.4) is 0 Å². The molecule has 2 aliphatic rings. The molecule has 0 spiro atoms. The first kappa shape index (κ1) is 20.5. The van der Waals surface area contributed by atoms with Crippen LogP contribution >= 0.6 is 0 Å². The Morgan fingerprint density at radius 2 is 1.72 bits per heavy atom. The zero-order chi connectivity index (χ0) is 22.1. The minimum absolute atomic E-state index is 0.00527. The van der Waals surface area contributed by atoms with Crippen LogP contribution in [0, 0.1) is 5.82 Å². The quantitative estimate of drug-likeness (QED) is 0.626. The van der Waals surface area contributed by atoms with Gasteiger partial charge in [-0.1, -0.05) is 6.07 Å². The average Bonchev–Trinajstić information content (AvgIpc) is 3.24. The fourth-order valence-electron chi connectivity index (χ4n) is 4.69. The van der Waals surface area contributed by atoms with Gasteiger partial charge in [-0.2, -0.15) is 5.10 Å². The highest BCUT2D eigenvalue weighted by atomic mass is 19.1. The molecule has 1 aliphatic carbocycles. The molecular weight excluding hydrogens is 407 g/mol. The van der Waals surface area contributed by atoms with Crippen molar-refractivity contribution in [2.45, 2.75) is 25.7 Å². The van der Waals surface area contributed by atoms with Crippen molar-refractivity contribution in [2.24, 2.45) is 0 Å². The van der Waals surface area contributed by atoms with E-state index in [0.29, 0.717) is 18.8 Å². The maximum Gasteiger partial charge on any atom is 0.274 e. The monoisotopic (exact) mass is 434 g/mol. The van der Waals surface area contributed by atoms with Gasteiger partial charge in [0, 0.05) is 49.2 Å². The van der Waals surface area contributed by atoms with Crippen molar-refractivity contribution in [3.05, 3.63) is 71.3 Å². The molecule has 1 amide bonds. The molecule has 7 heteroatoms. The molecule has 0 N–H and O–H groups in total. The number of fused-ring (bicyclic) bond motifs is 1. The van der Waals surface area contributed by atoms with Crippen molar-refractivity contribution in [3.8, 4) is 11.4 Å². The van der Waals surface area contributed by atoms with Crippen molar-refractivity contribution >= 4 is 11.6 Å². The van der Waals surface area contributed by atoms with Gasteiger partial charge in [0.05, 0.1) is 12.8 Å². The van der Waals surface area contributed by atoms with E-state index in [1.54, 1.807) is 19.2 Å². The third kappa shape index (κ3) is 3.83. The van der Waals surface area contributed by atoms with E-state index in [0.717, 1.165) is 67.2 Å². The molecule has 0 bridgehead atoms. The number of amides is 1. The van der Waals surface area contributed by atoms with Crippen LogP contribution in [-0.4, -0.2) is 53.9 Å². The number of halogens is 1. The van der Waals surface area contributed by atoms with Crippen LogP contribution in [0.2, 0.25) is 0 Å². The number of aromatic nitrogens is 2. The van der Waals surface area contributed by atoms with E-state index in [4.69, 9.17) is 9.84 Å². The van der Waals surface area contributed by atoms with E-state index in [1.165, 1.54) is 12.1 Å². The van der Waals surface area contributed by atoms with Gasteiger partial charge >= 0.3 is 0 Å². The highest BCUT2D eigenvalue weighted by molar-refractivity contribution is 5.94. The summed E-state index contributed by atoms with van der Waals surface area (Å²) in [7, 11) is 1.67. The Bertz CT molecular complexity index is 1120. The summed E-state index contributed by atoms with van der Waals surface area (Å²) in [6.45, 7) is 2.82. The minimum Gasteiger partial charge on any atom is -0.497 e. The van der Waals surface area contributed by atoms with Crippen LogP contribution in [0.15, 0.2) is 48.5 Å². The molecule has 0 atom stereocenters. The second-order valence-corrected chi connectivity index (χ2v) is 8.35. The summed E-state index contributed by atoms with van der Waals surface area (Å²) >= 11 is 0. The van der Waals surface area contributed by atoms with Crippen molar-refractivity contribution < 1.29 is 13.9 Å². The lowest BCUT2D eigenvalue weighted by Gasteiger charge is -2.36. The summed E-state index contributed by atoms with van der Waals surface area (Å²) in [6.07, 6.45) is 3.89. The van der Waals surface area contributed by atoms with Crippen molar-refractivity contribution in [1.82, 2.24) is 14.7 Å². The molecular formula is C25H27FN4O2. The lowest BCUT2D eigenvalue weighted by atomic mass is 9.95. The Morgan fingerprint density at radius 3 is 2.47 bits per heavy atom. The topological polar surface area (TPSA) is 50.6 Å². The van der Waals surface area contributed by atoms with Gasteiger partial charge in [-0.05, 0) is 62.1 Å². The van der Waals surface area contributed by atoms with E-state index in [1.807, 2.05) is 27.8 Å². The fourth-order valence-corrected chi connectivity index (χ4v) is 4.69. The standard InChI is InChI=1S/C25H27FN4O2/c1-32-21-6-4-5-20(17-21)28-13-15-29(16-14-28)25(31)24-22-7-2-3-8-23(22)30(27-24)19-11-9-18(26)10-12-19/h4-6,9-12,17H,2-3,7-8,13-16H2,1H3. The molecule has 2 aromatic carbocycles. The number of rotatable bonds is 4. The first-order valence-electron chi connectivity index (χ1n) is 11.2. The van der Waals surface area contributed by atoms with Gasteiger partial charge in [-0.3, -0.25) is 4.79 Å². The van der Waals surface area contributed by atoms with Gasteiger partial charge in [-0.25, -0.2) is 9.07 Å². The lowest BCUT2D eigenvalue weighted by Crippen LogP contribution is -2.49. The van der Waals surface area contributed by atoms with E-state index in [-0.39, 0.29) is 11.7 Å². The number of carbonyl (C=O) groups is 1. The van der Waals surface area contributed by atoms with E-state index in [2.05, 4.69) is 11.0 Å². The third-order valence-corrected chi connectivity index (χ3v) is 6.44. The first-order chi connectivity index (χ1) is 15.6. The van der Waals surface area contributed by atoms with Crippen LogP contribution < -0.4 is 9.64 Å². The Morgan fingerprint density at radius 1 is 0.969 bits per heavy atom. The highest BCUT2D eigenvalue weighted by Gasteiger charge is 2.30. The lowest BCUT2D eigenvalue weighted by molar-refractivity contribution is 0.0739. The van der Waals surface area contributed by atoms with Gasteiger partial charge in [0.15, 0.2) is 5.69 Å². The summed E-state index contributed by atoms with van der Waals surface area (Å²) in [5.41, 5.74) is 4.60. The maximum absolute atomic E-state index is 13.5. The summed E-state index contributed by atoms with van der Waals surface area (Å²) in [5.74, 6) is 0.549. The van der Waals surface area contributed by atoms with Crippen LogP contribution in [0.4, 0.5) is 10.1 Å². The number of ether oxygens (including phenoxy) is 1. The van der Waals surface area contributed by atoms with Crippen molar-refractivity contribution in [1.29, 1.82) is 0 Å². The SMILES string of the molecule is COc1cccc(N2CCN(C(=O)c3nn(-c4ccc(F)cc4)c4c3CCCC4)CC2)c1. The van der Waals surface area contributed by atoms with Crippen molar-refractivity contribution in [2.75, 3.05) is 38.2 Å². The molecule has 1 aliphatic heterocycles. The number of anilines is 1. The summed E-state index contributed by atoms with van der Waals surface area (Å²) in [5, 5.41) is 4.74. The van der Waals surface area contributed by atoms with Gasteiger partial charge in [0.25, 0.3) is 5.91 Å². The smallest absolute Gasteiger partial charge is 0.274 e. The van der Waals surface area contributed by atoms with Gasteiger partial charge in [-0.15, -0.1) is 0 Å². The number of benzene rings is 2. The number of hydrogen-bond donors (Lipinski definition) is 0. The molecule has 3 aromatic rings. The molecule has 166 valence electrons. The number of hydrogen-bond acceptors (Lipinski definition) is 4. The molecule has 0 unspecified atom stereocenters. The molecule has 6 nitrogen and oxygen atoms in total. The third-order valence-electron chi connectivity index (χ3n) is 6.44. The largest absolute Gasteiger partial charge is 0.497 e. The van der Waals surface area contributed by atoms with Gasteiger partial charge in [0.1, 0.15) is 11.6 Å². The van der Waals surface area contributed by atoms with E-state index >= 15 is 0 Å². The highest BCUT2D eigenvalue weighted by Crippen LogP contribution is 2.29. The Labute approximate surface area is 187 Å². The molecule has 32 heavy (non-hydrogen) atoms. The molecule has 0 radical (unpaired) electrons. The predicted octanol–water partition coefficient (Wildman–Crippen LogP) is 3.86. The number of nitrogens with zero attached hydrogens (tertiary/aromatic N) is 4. The summed E-state index contributed by atoms with van der Waals surface area (Å²) < 4.78 is 20.6. The fraction of sp³-hybridized carbons (Fsp3) is 0.360. The maximum atomic E-state index is 13.5. The Balaban J connectivity index is 1.36. The number of piperazine rings is 1. The summed E-state index contributed by atoms with van der Waals surface area (Å²) in [4.78, 5) is 17.6. The first-order valence-corrected chi connectivity index (χ1v) is 11.2. The zero-order valence-electron chi connectivity index (χ0n) is 18.3.